The van der Waals surface area contributed by atoms with Gasteiger partial charge in [0.15, 0.2) is 5.65 Å². The molecule has 0 unspecified atom stereocenters. The summed E-state index contributed by atoms with van der Waals surface area (Å²) in [5, 5.41) is 19.7. The molecule has 154 valence electrons. The summed E-state index contributed by atoms with van der Waals surface area (Å²) >= 11 is 0. The minimum atomic E-state index is -4.51. The van der Waals surface area contributed by atoms with Crippen LogP contribution in [0.25, 0.3) is 22.3 Å². The maximum atomic E-state index is 13.0. The van der Waals surface area contributed by atoms with E-state index in [1.807, 2.05) is 12.3 Å². The summed E-state index contributed by atoms with van der Waals surface area (Å²) in [6.07, 6.45) is -0.322. The number of phenols is 1. The largest absolute Gasteiger partial charge is 0.507 e. The van der Waals surface area contributed by atoms with Gasteiger partial charge in [0, 0.05) is 29.7 Å². The molecule has 4 rings (SSSR count). The topological polar surface area (TPSA) is 54.2 Å². The Morgan fingerprint density at radius 2 is 2.00 bits per heavy atom. The van der Waals surface area contributed by atoms with Crippen LogP contribution in [0.1, 0.15) is 36.9 Å². The third kappa shape index (κ3) is 3.69. The van der Waals surface area contributed by atoms with Crippen molar-refractivity contribution in [1.82, 2.24) is 19.7 Å². The normalized spacial score (nSPS) is 18.4. The summed E-state index contributed by atoms with van der Waals surface area (Å²) < 4.78 is 41.1. The highest BCUT2D eigenvalue weighted by molar-refractivity contribution is 5.82. The maximum absolute atomic E-state index is 13.0. The summed E-state index contributed by atoms with van der Waals surface area (Å²) in [6, 6.07) is 5.79. The average Bonchev–Trinajstić information content (AvgIpc) is 3.10. The number of hydrogen-bond acceptors (Lipinski definition) is 4. The number of nitrogens with zero attached hydrogens (tertiary/aromatic N) is 4. The number of likely N-dealkylation sites (tertiary alicyclic amines) is 1. The van der Waals surface area contributed by atoms with Gasteiger partial charge in [-0.3, -0.25) is 0 Å². The molecule has 1 saturated heterocycles. The second-order valence-electron chi connectivity index (χ2n) is 7.61. The molecule has 2 aromatic heterocycles. The SMILES string of the molecule is CCN1CCC[C@@H](n2ccc3cc(-c4c(C)cc(C(F)(F)F)cc4O)nnc32)C1. The Morgan fingerprint density at radius 1 is 1.21 bits per heavy atom. The van der Waals surface area contributed by atoms with E-state index in [9.17, 15) is 18.3 Å². The van der Waals surface area contributed by atoms with Crippen molar-refractivity contribution in [2.24, 2.45) is 0 Å². The van der Waals surface area contributed by atoms with Gasteiger partial charge in [0.2, 0.25) is 0 Å². The number of benzene rings is 1. The number of piperidine rings is 1. The van der Waals surface area contributed by atoms with Crippen molar-refractivity contribution >= 4 is 11.0 Å². The molecule has 0 amide bonds. The van der Waals surface area contributed by atoms with E-state index in [4.69, 9.17) is 0 Å². The molecule has 1 atom stereocenters. The van der Waals surface area contributed by atoms with Crippen LogP contribution in [0.4, 0.5) is 13.2 Å². The number of aromatic hydroxyl groups is 1. The second kappa shape index (κ2) is 7.33. The fourth-order valence-electron chi connectivity index (χ4n) is 4.18. The lowest BCUT2D eigenvalue weighted by Gasteiger charge is -2.32. The van der Waals surface area contributed by atoms with E-state index in [2.05, 4.69) is 26.6 Å². The van der Waals surface area contributed by atoms with E-state index in [1.165, 1.54) is 6.92 Å². The predicted octanol–water partition coefficient (Wildman–Crippen LogP) is 4.79. The number of hydrogen-bond donors (Lipinski definition) is 1. The van der Waals surface area contributed by atoms with Crippen molar-refractivity contribution in [3.63, 3.8) is 0 Å². The summed E-state index contributed by atoms with van der Waals surface area (Å²) in [5.41, 5.74) is 0.805. The van der Waals surface area contributed by atoms with Crippen molar-refractivity contribution in [3.8, 4) is 17.0 Å². The van der Waals surface area contributed by atoms with Gasteiger partial charge in [-0.1, -0.05) is 6.92 Å². The first-order chi connectivity index (χ1) is 13.8. The van der Waals surface area contributed by atoms with E-state index < -0.39 is 17.5 Å². The minimum absolute atomic E-state index is 0.273. The van der Waals surface area contributed by atoms with Gasteiger partial charge < -0.3 is 14.6 Å². The molecule has 0 saturated carbocycles. The van der Waals surface area contributed by atoms with Gasteiger partial charge in [0.25, 0.3) is 0 Å². The number of aromatic nitrogens is 3. The summed E-state index contributed by atoms with van der Waals surface area (Å²) in [6.45, 7) is 6.76. The number of likely N-dealkylation sites (N-methyl/N-ethyl adjacent to an activating group) is 1. The van der Waals surface area contributed by atoms with Crippen molar-refractivity contribution in [2.45, 2.75) is 38.9 Å². The van der Waals surface area contributed by atoms with Crippen molar-refractivity contribution in [3.05, 3.63) is 41.6 Å². The fourth-order valence-corrected chi connectivity index (χ4v) is 4.18. The summed E-state index contributed by atoms with van der Waals surface area (Å²) in [5.74, 6) is -0.448. The highest BCUT2D eigenvalue weighted by Crippen LogP contribution is 2.39. The van der Waals surface area contributed by atoms with Crippen molar-refractivity contribution in [2.75, 3.05) is 19.6 Å². The molecule has 0 radical (unpaired) electrons. The van der Waals surface area contributed by atoms with E-state index in [-0.39, 0.29) is 5.56 Å². The Kier molecular flexibility index (Phi) is 4.98. The van der Waals surface area contributed by atoms with Crippen LogP contribution < -0.4 is 0 Å². The highest BCUT2D eigenvalue weighted by atomic mass is 19.4. The van der Waals surface area contributed by atoms with Crippen molar-refractivity contribution < 1.29 is 18.3 Å². The zero-order chi connectivity index (χ0) is 20.8. The predicted molar refractivity (Wildman–Crippen MR) is 105 cm³/mol. The monoisotopic (exact) mass is 404 g/mol. The number of halogens is 3. The Morgan fingerprint density at radius 3 is 2.69 bits per heavy atom. The molecule has 3 heterocycles. The van der Waals surface area contributed by atoms with Crippen LogP contribution in [-0.2, 0) is 6.18 Å². The van der Waals surface area contributed by atoms with Gasteiger partial charge in [-0.2, -0.15) is 13.2 Å². The van der Waals surface area contributed by atoms with Gasteiger partial charge in [-0.05, 0) is 62.7 Å². The van der Waals surface area contributed by atoms with Crippen LogP contribution in [0, 0.1) is 6.92 Å². The zero-order valence-electron chi connectivity index (χ0n) is 16.4. The molecule has 5 nitrogen and oxygen atoms in total. The van der Waals surface area contributed by atoms with Crippen LogP contribution >= 0.6 is 0 Å². The molecule has 1 aliphatic rings. The average molecular weight is 404 g/mol. The van der Waals surface area contributed by atoms with Gasteiger partial charge in [-0.25, -0.2) is 0 Å². The van der Waals surface area contributed by atoms with Crippen LogP contribution in [-0.4, -0.2) is 44.4 Å². The lowest BCUT2D eigenvalue weighted by atomic mass is 10.00. The molecule has 1 aromatic carbocycles. The minimum Gasteiger partial charge on any atom is -0.507 e. The molecule has 29 heavy (non-hydrogen) atoms. The number of rotatable bonds is 3. The van der Waals surface area contributed by atoms with Gasteiger partial charge >= 0.3 is 6.18 Å². The number of alkyl halides is 3. The Hall–Kier alpha value is -2.61. The molecule has 0 aliphatic carbocycles. The third-order valence-electron chi connectivity index (χ3n) is 5.68. The lowest BCUT2D eigenvalue weighted by molar-refractivity contribution is -0.137. The van der Waals surface area contributed by atoms with Crippen LogP contribution in [0.5, 0.6) is 5.75 Å². The first kappa shape index (κ1) is 19.7. The van der Waals surface area contributed by atoms with E-state index >= 15 is 0 Å². The van der Waals surface area contributed by atoms with Gasteiger partial charge in [0.1, 0.15) is 5.75 Å². The van der Waals surface area contributed by atoms with Crippen LogP contribution in [0.2, 0.25) is 0 Å². The Balaban J connectivity index is 1.71. The van der Waals surface area contributed by atoms with E-state index in [1.54, 1.807) is 6.07 Å². The lowest BCUT2D eigenvalue weighted by Crippen LogP contribution is -2.36. The Labute approximate surface area is 166 Å². The fraction of sp³-hybridized carbons (Fsp3) is 0.429. The molecule has 0 spiro atoms. The summed E-state index contributed by atoms with van der Waals surface area (Å²) in [4.78, 5) is 2.41. The third-order valence-corrected chi connectivity index (χ3v) is 5.68. The van der Waals surface area contributed by atoms with Gasteiger partial charge in [-0.15, -0.1) is 10.2 Å². The van der Waals surface area contributed by atoms with Crippen LogP contribution in [0.15, 0.2) is 30.5 Å². The summed E-state index contributed by atoms with van der Waals surface area (Å²) in [7, 11) is 0. The van der Waals surface area contributed by atoms with Crippen molar-refractivity contribution in [1.29, 1.82) is 0 Å². The molecular formula is C21H23F3N4O. The van der Waals surface area contributed by atoms with Gasteiger partial charge in [0.05, 0.1) is 11.3 Å². The second-order valence-corrected chi connectivity index (χ2v) is 7.61. The Bertz CT molecular complexity index is 1020. The standard InChI is InChI=1S/C21H23F3N4O/c1-3-27-7-4-5-16(12-27)28-8-6-14-10-17(25-26-20(14)28)19-13(2)9-15(11-18(19)29)21(22,23)24/h6,8-11,16,29H,3-5,7,12H2,1-2H3/t16-/m1/s1. The molecule has 1 fully saturated rings. The van der Waals surface area contributed by atoms with E-state index in [0.29, 0.717) is 17.3 Å². The first-order valence-electron chi connectivity index (χ1n) is 9.75. The number of phenolic OH excluding ortho intramolecular Hbond substituents is 1. The van der Waals surface area contributed by atoms with E-state index in [0.717, 1.165) is 55.6 Å². The molecular weight excluding hydrogens is 381 g/mol. The zero-order valence-corrected chi connectivity index (χ0v) is 16.4. The molecule has 1 aliphatic heterocycles. The first-order valence-corrected chi connectivity index (χ1v) is 9.75. The molecule has 0 bridgehead atoms. The quantitative estimate of drug-likeness (QED) is 0.682. The smallest absolute Gasteiger partial charge is 0.416 e. The highest BCUT2D eigenvalue weighted by Gasteiger charge is 2.32. The molecule has 3 aromatic rings. The van der Waals surface area contributed by atoms with Crippen LogP contribution in [0.3, 0.4) is 0 Å². The number of fused-ring (bicyclic) bond motifs is 1. The molecule has 8 heteroatoms. The molecule has 1 N–H and O–H groups in total. The maximum Gasteiger partial charge on any atom is 0.416 e. The number of aryl methyl sites for hydroxylation is 1.